The van der Waals surface area contributed by atoms with Gasteiger partial charge in [-0.15, -0.1) is 0 Å². The molecule has 7 N–H and O–H groups in total. The maximum Gasteiger partial charge on any atom is 0.341 e. The van der Waals surface area contributed by atoms with Gasteiger partial charge in [0, 0.05) is 42.6 Å². The molecule has 19 unspecified atom stereocenters. The number of hydrogen-bond donors (Lipinski definition) is 7. The molecule has 7 saturated carbocycles. The summed E-state index contributed by atoms with van der Waals surface area (Å²) >= 11 is 0. The van der Waals surface area contributed by atoms with Gasteiger partial charge in [0.1, 0.15) is 29.7 Å². The molecule has 7 aliphatic carbocycles. The molecule has 1 aromatic rings. The van der Waals surface area contributed by atoms with Crippen LogP contribution in [-0.4, -0.2) is 129 Å². The summed E-state index contributed by atoms with van der Waals surface area (Å²) in [5.74, 6) is -4.07. The van der Waals surface area contributed by atoms with Crippen molar-refractivity contribution in [2.45, 2.75) is 200 Å². The predicted octanol–water partition coefficient (Wildman–Crippen LogP) is 7.02. The van der Waals surface area contributed by atoms with Crippen LogP contribution < -0.4 is 4.74 Å². The van der Waals surface area contributed by atoms with Crippen LogP contribution in [0.15, 0.2) is 12.1 Å². The third-order valence-corrected chi connectivity index (χ3v) is 26.3. The van der Waals surface area contributed by atoms with Gasteiger partial charge in [-0.2, -0.15) is 0 Å². The molecular weight excluding hydrogens is 1000 g/mol. The number of cyclic esters (lactones) is 1. The fourth-order valence-electron chi connectivity index (χ4n) is 22.4. The van der Waals surface area contributed by atoms with E-state index in [1.54, 1.807) is 19.1 Å². The number of methoxy groups -OCH3 is 2. The molecule has 0 radical (unpaired) electrons. The van der Waals surface area contributed by atoms with Crippen LogP contribution in [0.1, 0.15) is 167 Å². The van der Waals surface area contributed by atoms with E-state index >= 15 is 0 Å². The molecule has 3 aliphatic heterocycles. The van der Waals surface area contributed by atoms with Crippen LogP contribution in [0, 0.1) is 91.2 Å². The first-order chi connectivity index (χ1) is 36.6. The van der Waals surface area contributed by atoms with E-state index in [4.69, 9.17) is 28.4 Å². The molecule has 1 saturated heterocycles. The van der Waals surface area contributed by atoms with Crippen LogP contribution in [0.25, 0.3) is 0 Å². The number of aliphatic hydroxyl groups excluding tert-OH is 4. The molecule has 0 spiro atoms. The Hall–Kier alpha value is -3.42. The molecular formula is C61H88O17. The lowest BCUT2D eigenvalue weighted by atomic mass is 9.27. The number of aliphatic hydroxyl groups is 5. The van der Waals surface area contributed by atoms with Gasteiger partial charge in [-0.25, -0.2) is 9.59 Å². The van der Waals surface area contributed by atoms with Crippen LogP contribution in [0.2, 0.25) is 0 Å². The number of rotatable bonds is 10. The van der Waals surface area contributed by atoms with E-state index in [0.717, 1.165) is 57.8 Å². The maximum absolute atomic E-state index is 14.0. The van der Waals surface area contributed by atoms with E-state index in [0.29, 0.717) is 60.3 Å². The second kappa shape index (κ2) is 18.5. The zero-order valence-corrected chi connectivity index (χ0v) is 47.5. The molecule has 24 atom stereocenters. The fourth-order valence-corrected chi connectivity index (χ4v) is 22.4. The topological polar surface area (TPSA) is 265 Å². The van der Waals surface area contributed by atoms with Crippen LogP contribution in [0.3, 0.4) is 0 Å². The minimum atomic E-state index is -2.00. The number of carbonyl (C=O) groups excluding carboxylic acids is 2. The van der Waals surface area contributed by atoms with Crippen LogP contribution in [0.5, 0.6) is 5.75 Å². The average Bonchev–Trinajstić information content (AvgIpc) is 2.52. The van der Waals surface area contributed by atoms with E-state index in [1.165, 1.54) is 14.2 Å². The lowest BCUT2D eigenvalue weighted by Crippen LogP contribution is -2.73. The van der Waals surface area contributed by atoms with Crippen molar-refractivity contribution in [2.75, 3.05) is 27.4 Å². The van der Waals surface area contributed by atoms with Crippen LogP contribution >= 0.6 is 0 Å². The molecule has 434 valence electrons. The van der Waals surface area contributed by atoms with E-state index in [2.05, 4.69) is 48.5 Å². The van der Waals surface area contributed by atoms with Gasteiger partial charge in [0.15, 0.2) is 12.4 Å². The Kier molecular flexibility index (Phi) is 13.4. The Labute approximate surface area is 458 Å². The number of carboxylic acids is 2. The normalized spacial score (nSPS) is 51.7. The second-order valence-electron chi connectivity index (χ2n) is 28.4. The molecule has 11 rings (SSSR count). The van der Waals surface area contributed by atoms with E-state index in [9.17, 15) is 54.9 Å². The SMILES string of the molecule is COC(=O)CCC1(O)OC(=O)c2c1ccc1c2CC2C(CO)(CCC3C2(C)CCC2C4(C)CCC5C6(C)CCC7C(C)(C(=O)O)C(O[C@@H]8O[C@H](C(=O)O)[C@@H](O)[C@H](O)[C@H]8OC)CC(C)C7(C)C6CC(C)C5(C)C4CCC32CO)O1. The Balaban J connectivity index is 0.875. The van der Waals surface area contributed by atoms with Gasteiger partial charge in [-0.3, -0.25) is 9.59 Å². The number of carboxylic acid groups (broad SMARTS) is 2. The van der Waals surface area contributed by atoms with Crippen molar-refractivity contribution in [1.29, 1.82) is 0 Å². The summed E-state index contributed by atoms with van der Waals surface area (Å²) in [6, 6.07) is 3.40. The molecule has 78 heavy (non-hydrogen) atoms. The number of esters is 2. The highest BCUT2D eigenvalue weighted by Crippen LogP contribution is 2.81. The van der Waals surface area contributed by atoms with E-state index < -0.39 is 82.9 Å². The fraction of sp³-hybridized carbons (Fsp3) is 0.836. The van der Waals surface area contributed by atoms with Gasteiger partial charge in [-0.05, 0) is 177 Å². The Morgan fingerprint density at radius 2 is 1.28 bits per heavy atom. The Bertz CT molecular complexity index is 2610. The number of benzene rings is 1. The van der Waals surface area contributed by atoms with Gasteiger partial charge >= 0.3 is 23.9 Å². The largest absolute Gasteiger partial charge is 0.484 e. The van der Waals surface area contributed by atoms with Crippen molar-refractivity contribution in [3.05, 3.63) is 28.8 Å². The van der Waals surface area contributed by atoms with Crippen molar-refractivity contribution >= 4 is 23.9 Å². The molecule has 10 aliphatic rings. The first-order valence-electron chi connectivity index (χ1n) is 29.4. The molecule has 17 nitrogen and oxygen atoms in total. The molecule has 17 heteroatoms. The van der Waals surface area contributed by atoms with Crippen molar-refractivity contribution in [2.24, 2.45) is 91.2 Å². The van der Waals surface area contributed by atoms with Gasteiger partial charge in [0.25, 0.3) is 0 Å². The quantitative estimate of drug-likeness (QED) is 0.0917. The average molecular weight is 1090 g/mol. The number of fused-ring (bicyclic) bond motifs is 16. The minimum Gasteiger partial charge on any atom is -0.484 e. The summed E-state index contributed by atoms with van der Waals surface area (Å²) in [6.07, 6.45) is 1.22. The Morgan fingerprint density at radius 3 is 1.88 bits per heavy atom. The first kappa shape index (κ1) is 56.4. The maximum atomic E-state index is 14.0. The monoisotopic (exact) mass is 1090 g/mol. The standard InChI is InChI=1S/C61H88O17/c1-30-25-40-54(4,21-15-39-57(40,7)31(2)26-42(58(39,8)52(70)71)75-51-48(74-10)46(66)45(65)47(76-51)49(67)68)35-13-19-53(3)36(56(30,35)6)16-22-59(28-62)37(53)14-20-55(5)38(59)17-23-60(29-63)41(55)27-32-34(77-60)12-11-33-44(32)50(69)78-61(33,72)24-18-43(64)73-9/h11-12,30-31,35-42,45-48,51,62-63,65-66,72H,13-29H2,1-10H3,(H,67,68)(H,70,71)/t30?,31?,35?,36?,37?,38?,39?,40?,41?,42?,45-,46-,47-,48+,51+,53?,54?,55?,56?,57?,58?,59?,60?,61?/m0/s1. The third kappa shape index (κ3) is 7.18. The zero-order chi connectivity index (χ0) is 56.5. The molecule has 0 aromatic heterocycles. The Morgan fingerprint density at radius 1 is 0.705 bits per heavy atom. The molecule has 8 fully saturated rings. The van der Waals surface area contributed by atoms with Crippen molar-refractivity contribution < 1.29 is 83.3 Å². The smallest absolute Gasteiger partial charge is 0.341 e. The summed E-state index contributed by atoms with van der Waals surface area (Å²) in [7, 11) is 2.58. The number of ether oxygens (including phenoxy) is 6. The molecule has 3 heterocycles. The van der Waals surface area contributed by atoms with Gasteiger partial charge in [0.05, 0.1) is 37.2 Å². The van der Waals surface area contributed by atoms with Crippen molar-refractivity contribution in [3.8, 4) is 5.75 Å². The molecule has 1 aromatic carbocycles. The zero-order valence-electron chi connectivity index (χ0n) is 47.5. The number of hydrogen-bond acceptors (Lipinski definition) is 15. The molecule has 0 bridgehead atoms. The van der Waals surface area contributed by atoms with E-state index in [1.807, 2.05) is 0 Å². The summed E-state index contributed by atoms with van der Waals surface area (Å²) in [5.41, 5.74) is -2.50. The van der Waals surface area contributed by atoms with Crippen molar-refractivity contribution in [1.82, 2.24) is 0 Å². The molecule has 0 amide bonds. The summed E-state index contributed by atoms with van der Waals surface area (Å²) < 4.78 is 35.4. The summed E-state index contributed by atoms with van der Waals surface area (Å²) in [5, 5.41) is 78.3. The lowest BCUT2D eigenvalue weighted by Gasteiger charge is -2.77. The first-order valence-corrected chi connectivity index (χ1v) is 29.4. The summed E-state index contributed by atoms with van der Waals surface area (Å²) in [6.45, 7) is 18.7. The summed E-state index contributed by atoms with van der Waals surface area (Å²) in [4.78, 5) is 52.1. The highest BCUT2D eigenvalue weighted by Gasteiger charge is 2.77. The predicted molar refractivity (Wildman–Crippen MR) is 279 cm³/mol. The van der Waals surface area contributed by atoms with Crippen LogP contribution in [0.4, 0.5) is 0 Å². The number of aliphatic carboxylic acids is 2. The minimum absolute atomic E-state index is 0.000783. The highest BCUT2D eigenvalue weighted by molar-refractivity contribution is 5.97. The van der Waals surface area contributed by atoms with Crippen molar-refractivity contribution in [3.63, 3.8) is 0 Å². The van der Waals surface area contributed by atoms with Gasteiger partial charge in [0.2, 0.25) is 5.79 Å². The third-order valence-electron chi connectivity index (χ3n) is 26.3. The number of carbonyl (C=O) groups is 4. The lowest BCUT2D eigenvalue weighted by molar-refractivity contribution is -0.335. The highest BCUT2D eigenvalue weighted by atomic mass is 16.7. The van der Waals surface area contributed by atoms with Crippen LogP contribution in [-0.2, 0) is 50.3 Å². The van der Waals surface area contributed by atoms with Gasteiger partial charge < -0.3 is 64.2 Å². The van der Waals surface area contributed by atoms with E-state index in [-0.39, 0.29) is 94.2 Å². The second-order valence-corrected chi connectivity index (χ2v) is 28.4. The van der Waals surface area contributed by atoms with Gasteiger partial charge in [-0.1, -0.05) is 48.5 Å².